The van der Waals surface area contributed by atoms with Crippen molar-refractivity contribution >= 4 is 44.9 Å². The molecule has 0 saturated heterocycles. The van der Waals surface area contributed by atoms with Gasteiger partial charge in [-0.25, -0.2) is 0 Å². The maximum atomic E-state index is 3.13. The summed E-state index contributed by atoms with van der Waals surface area (Å²) in [4.78, 5) is 0. The van der Waals surface area contributed by atoms with Crippen LogP contribution >= 0.6 is 0 Å². The molecule has 0 radical (unpaired) electrons. The van der Waals surface area contributed by atoms with Crippen LogP contribution in [-0.4, -0.2) is 27.6 Å². The number of benzene rings is 2. The number of nitrogens with zero attached hydrogens (tertiary/aromatic N) is 1. The average molecular weight is 284 g/mol. The fourth-order valence-corrected chi connectivity index (χ4v) is 2.05. The van der Waals surface area contributed by atoms with Gasteiger partial charge in [-0.15, -0.1) is 11.5 Å². The molecule has 3 heteroatoms. The van der Waals surface area contributed by atoms with Gasteiger partial charge in [0.15, 0.2) is 0 Å². The first-order valence-corrected chi connectivity index (χ1v) is 4.71. The number of halogens is 1. The zero-order valence-electron chi connectivity index (χ0n) is 9.07. The summed E-state index contributed by atoms with van der Waals surface area (Å²) in [6.45, 7) is 0. The number of hydrogen-bond donors (Lipinski definition) is 0. The number of hydrogen-bond acceptors (Lipinski definition) is 0. The molecule has 1 heterocycles. The van der Waals surface area contributed by atoms with Gasteiger partial charge in [-0.2, -0.15) is 18.2 Å². The van der Waals surface area contributed by atoms with Crippen molar-refractivity contribution in [2.45, 2.75) is 0 Å². The molecule has 1 aromatic heterocycles. The third kappa shape index (κ3) is 1.88. The Morgan fingerprint density at radius 3 is 2.50 bits per heavy atom. The average Bonchev–Trinajstić information content (AvgIpc) is 2.55. The molecule has 3 rings (SSSR count). The fourth-order valence-electron chi connectivity index (χ4n) is 2.05. The Hall–Kier alpha value is -0.514. The van der Waals surface area contributed by atoms with Crippen LogP contribution in [0.25, 0.3) is 21.8 Å². The quantitative estimate of drug-likeness (QED) is 0.396. The monoisotopic (exact) mass is 283 g/mol. The molecular weight excluding hydrogens is 274 g/mol. The Balaban J connectivity index is 0.000000640. The maximum Gasteiger partial charge on any atom is 2.00 e. The minimum atomic E-state index is 0. The van der Waals surface area contributed by atoms with E-state index < -0.39 is 0 Å². The molecule has 0 fully saturated rings. The van der Waals surface area contributed by atoms with Crippen LogP contribution in [0.3, 0.4) is 0 Å². The van der Waals surface area contributed by atoms with Crippen molar-refractivity contribution in [3.05, 3.63) is 48.5 Å². The molecule has 1 nitrogen and oxygen atoms in total. The first-order valence-electron chi connectivity index (χ1n) is 4.71. The third-order valence-electron chi connectivity index (χ3n) is 2.76. The Labute approximate surface area is 121 Å². The van der Waals surface area contributed by atoms with Crippen molar-refractivity contribution in [3.63, 3.8) is 0 Å². The molecular formula is C13H10BrMgN. The van der Waals surface area contributed by atoms with Crippen molar-refractivity contribution in [3.8, 4) is 0 Å². The van der Waals surface area contributed by atoms with Crippen molar-refractivity contribution in [1.29, 1.82) is 0 Å². The second kappa shape index (κ2) is 5.21. The van der Waals surface area contributed by atoms with Gasteiger partial charge in [-0.05, 0) is 11.5 Å². The van der Waals surface area contributed by atoms with Crippen LogP contribution in [0.4, 0.5) is 0 Å². The van der Waals surface area contributed by atoms with Crippen molar-refractivity contribution in [1.82, 2.24) is 4.57 Å². The predicted octanol–water partition coefficient (Wildman–Crippen LogP) is -0.245. The summed E-state index contributed by atoms with van der Waals surface area (Å²) in [7, 11) is 2.10. The van der Waals surface area contributed by atoms with Gasteiger partial charge in [0.2, 0.25) is 0 Å². The first kappa shape index (κ1) is 13.6. The van der Waals surface area contributed by atoms with Crippen molar-refractivity contribution in [2.24, 2.45) is 7.05 Å². The third-order valence-corrected chi connectivity index (χ3v) is 2.76. The molecule has 0 aliphatic carbocycles. The minimum absolute atomic E-state index is 0. The molecule has 76 valence electrons. The summed E-state index contributed by atoms with van der Waals surface area (Å²) in [5, 5.41) is 2.59. The fraction of sp³-hybridized carbons (Fsp3) is 0.0769. The van der Waals surface area contributed by atoms with E-state index >= 15 is 0 Å². The normalized spacial score (nSPS) is 9.81. The van der Waals surface area contributed by atoms with Crippen LogP contribution in [0.1, 0.15) is 0 Å². The molecule has 0 saturated carbocycles. The van der Waals surface area contributed by atoms with E-state index in [-0.39, 0.29) is 40.0 Å². The molecule has 0 amide bonds. The van der Waals surface area contributed by atoms with E-state index in [0.29, 0.717) is 0 Å². The molecule has 0 N–H and O–H groups in total. The minimum Gasteiger partial charge on any atom is -1.00 e. The van der Waals surface area contributed by atoms with Gasteiger partial charge in [0.1, 0.15) is 0 Å². The molecule has 2 aromatic carbocycles. The van der Waals surface area contributed by atoms with Crippen LogP contribution < -0.4 is 17.0 Å². The van der Waals surface area contributed by atoms with E-state index in [1.54, 1.807) is 0 Å². The topological polar surface area (TPSA) is 4.93 Å². The largest absolute Gasteiger partial charge is 2.00 e. The number of rotatable bonds is 0. The summed E-state index contributed by atoms with van der Waals surface area (Å²) >= 11 is 0. The van der Waals surface area contributed by atoms with E-state index in [4.69, 9.17) is 0 Å². The summed E-state index contributed by atoms with van der Waals surface area (Å²) in [5.41, 5.74) is 2.55. The first-order chi connectivity index (χ1) is 6.88. The molecule has 3 aromatic rings. The zero-order valence-corrected chi connectivity index (χ0v) is 12.1. The van der Waals surface area contributed by atoms with Crippen LogP contribution in [-0.2, 0) is 7.05 Å². The standard InChI is InChI=1S/C13H10N.BrH.Mg/c1-14-12-8-4-2-6-10(12)11-7-3-5-9-13(11)14;;/h2,4-9H,1H3;1H;/q-1;;+2/p-1. The SMILES string of the molecule is Cn1c2cc[c-]cc2c2ccccc21.[Br-].[Mg+2]. The molecule has 0 aliphatic heterocycles. The number of para-hydroxylation sites is 1. The molecule has 0 spiro atoms. The predicted molar refractivity (Wildman–Crippen MR) is 65.0 cm³/mol. The molecule has 0 bridgehead atoms. The Bertz CT molecular complexity index is 562. The van der Waals surface area contributed by atoms with Gasteiger partial charge in [0, 0.05) is 12.6 Å². The van der Waals surface area contributed by atoms with Crippen molar-refractivity contribution < 1.29 is 17.0 Å². The van der Waals surface area contributed by atoms with Crippen molar-refractivity contribution in [2.75, 3.05) is 0 Å². The molecule has 16 heavy (non-hydrogen) atoms. The van der Waals surface area contributed by atoms with E-state index in [0.717, 1.165) is 0 Å². The Morgan fingerprint density at radius 1 is 1.00 bits per heavy atom. The second-order valence-electron chi connectivity index (χ2n) is 3.52. The Kier molecular flexibility index (Phi) is 4.41. The van der Waals surface area contributed by atoms with Crippen LogP contribution in [0.2, 0.25) is 0 Å². The van der Waals surface area contributed by atoms with Gasteiger partial charge in [-0.3, -0.25) is 0 Å². The number of aromatic nitrogens is 1. The summed E-state index contributed by atoms with van der Waals surface area (Å²) in [5.74, 6) is 0. The van der Waals surface area contributed by atoms with E-state index in [1.807, 2.05) is 6.07 Å². The van der Waals surface area contributed by atoms with Gasteiger partial charge >= 0.3 is 23.1 Å². The number of fused-ring (bicyclic) bond motifs is 3. The van der Waals surface area contributed by atoms with E-state index in [2.05, 4.69) is 54.1 Å². The van der Waals surface area contributed by atoms with Gasteiger partial charge in [0.25, 0.3) is 0 Å². The molecule has 0 aliphatic rings. The van der Waals surface area contributed by atoms with Gasteiger partial charge in [-0.1, -0.05) is 23.7 Å². The smallest absolute Gasteiger partial charge is 1.00 e. The number of aryl methyl sites for hydroxylation is 1. The van der Waals surface area contributed by atoms with E-state index in [1.165, 1.54) is 21.8 Å². The maximum absolute atomic E-state index is 3.13. The summed E-state index contributed by atoms with van der Waals surface area (Å²) in [6.07, 6.45) is 0. The summed E-state index contributed by atoms with van der Waals surface area (Å²) < 4.78 is 2.22. The zero-order chi connectivity index (χ0) is 9.54. The van der Waals surface area contributed by atoms with E-state index in [9.17, 15) is 0 Å². The Morgan fingerprint density at radius 2 is 1.69 bits per heavy atom. The molecule has 0 unspecified atom stereocenters. The van der Waals surface area contributed by atoms with Crippen LogP contribution in [0.15, 0.2) is 42.5 Å². The van der Waals surface area contributed by atoms with Crippen LogP contribution in [0, 0.1) is 6.07 Å². The van der Waals surface area contributed by atoms with Gasteiger partial charge in [0.05, 0.1) is 0 Å². The second-order valence-corrected chi connectivity index (χ2v) is 3.52. The molecule has 0 atom stereocenters. The van der Waals surface area contributed by atoms with Gasteiger partial charge < -0.3 is 21.5 Å². The van der Waals surface area contributed by atoms with Crippen LogP contribution in [0.5, 0.6) is 0 Å². The summed E-state index contributed by atoms with van der Waals surface area (Å²) in [6, 6.07) is 17.7.